The molecule has 0 aromatic heterocycles. The van der Waals surface area contributed by atoms with E-state index in [2.05, 4.69) is 5.32 Å². The van der Waals surface area contributed by atoms with E-state index >= 15 is 0 Å². The Hall–Kier alpha value is -1.62. The van der Waals surface area contributed by atoms with Crippen LogP contribution in [0.1, 0.15) is 17.3 Å². The Morgan fingerprint density at radius 1 is 1.47 bits per heavy atom. The second-order valence-corrected chi connectivity index (χ2v) is 3.67. The van der Waals surface area contributed by atoms with Crippen molar-refractivity contribution in [1.29, 1.82) is 0 Å². The fourth-order valence-electron chi connectivity index (χ4n) is 1.45. The quantitative estimate of drug-likeness (QED) is 0.851. The molecule has 1 unspecified atom stereocenters. The van der Waals surface area contributed by atoms with Crippen molar-refractivity contribution in [1.82, 2.24) is 5.32 Å². The second-order valence-electron chi connectivity index (χ2n) is 3.67. The van der Waals surface area contributed by atoms with Gasteiger partial charge in [-0.25, -0.2) is 4.39 Å². The number of nitrogens with one attached hydrogen (secondary N) is 1. The highest BCUT2D eigenvalue weighted by molar-refractivity contribution is 5.97. The zero-order valence-electron chi connectivity index (χ0n) is 10.1. The van der Waals surface area contributed by atoms with Crippen molar-refractivity contribution in [3.05, 3.63) is 29.6 Å². The maximum Gasteiger partial charge on any atom is 0.255 e. The monoisotopic (exact) mass is 241 g/mol. The molecule has 1 aromatic carbocycles. The Labute approximate surface area is 99.7 Å². The zero-order chi connectivity index (χ0) is 12.8. The third-order valence-electron chi connectivity index (χ3n) is 2.20. The molecule has 0 heterocycles. The third kappa shape index (κ3) is 3.71. The Morgan fingerprint density at radius 3 is 2.76 bits per heavy atom. The van der Waals surface area contributed by atoms with Crippen LogP contribution in [0.3, 0.4) is 0 Å². The number of halogens is 1. The van der Waals surface area contributed by atoms with Gasteiger partial charge in [-0.2, -0.15) is 0 Å². The largest absolute Gasteiger partial charge is 0.496 e. The van der Waals surface area contributed by atoms with E-state index in [9.17, 15) is 9.18 Å². The lowest BCUT2D eigenvalue weighted by molar-refractivity contribution is 0.0902. The summed E-state index contributed by atoms with van der Waals surface area (Å²) in [7, 11) is 2.98. The molecule has 0 saturated carbocycles. The minimum absolute atomic E-state index is 0.152. The highest BCUT2D eigenvalue weighted by Crippen LogP contribution is 2.19. The molecule has 17 heavy (non-hydrogen) atoms. The van der Waals surface area contributed by atoms with Gasteiger partial charge in [0.15, 0.2) is 0 Å². The maximum atomic E-state index is 13.1. The highest BCUT2D eigenvalue weighted by Gasteiger charge is 2.15. The van der Waals surface area contributed by atoms with Crippen molar-refractivity contribution >= 4 is 5.91 Å². The van der Waals surface area contributed by atoms with Gasteiger partial charge in [-0.1, -0.05) is 0 Å². The third-order valence-corrected chi connectivity index (χ3v) is 2.20. The molecule has 1 atom stereocenters. The Bertz CT molecular complexity index is 395. The van der Waals surface area contributed by atoms with E-state index in [1.807, 2.05) is 0 Å². The predicted octanol–water partition coefficient (Wildman–Crippen LogP) is 1.60. The zero-order valence-corrected chi connectivity index (χ0v) is 10.1. The molecule has 0 bridgehead atoms. The van der Waals surface area contributed by atoms with Crippen LogP contribution >= 0.6 is 0 Å². The summed E-state index contributed by atoms with van der Waals surface area (Å²) in [6, 6.07) is 3.66. The van der Waals surface area contributed by atoms with E-state index in [1.165, 1.54) is 19.2 Å². The van der Waals surface area contributed by atoms with Crippen molar-refractivity contribution in [3.63, 3.8) is 0 Å². The van der Waals surface area contributed by atoms with Crippen LogP contribution in [-0.2, 0) is 4.74 Å². The van der Waals surface area contributed by atoms with Crippen LogP contribution in [0, 0.1) is 5.82 Å². The molecule has 1 amide bonds. The number of hydrogen-bond acceptors (Lipinski definition) is 3. The summed E-state index contributed by atoms with van der Waals surface area (Å²) in [5.41, 5.74) is 0.176. The molecule has 5 heteroatoms. The van der Waals surface area contributed by atoms with Crippen molar-refractivity contribution in [2.24, 2.45) is 0 Å². The molecule has 0 radical (unpaired) electrons. The fourth-order valence-corrected chi connectivity index (χ4v) is 1.45. The van der Waals surface area contributed by atoms with Gasteiger partial charge in [0, 0.05) is 13.2 Å². The van der Waals surface area contributed by atoms with Crippen LogP contribution in [0.2, 0.25) is 0 Å². The summed E-state index contributed by atoms with van der Waals surface area (Å²) in [4.78, 5) is 11.8. The average molecular weight is 241 g/mol. The Morgan fingerprint density at radius 2 is 2.18 bits per heavy atom. The maximum absolute atomic E-state index is 13.1. The van der Waals surface area contributed by atoms with Gasteiger partial charge in [-0.05, 0) is 25.1 Å². The SMILES string of the molecule is COCC(C)NC(=O)c1cc(F)ccc1OC. The van der Waals surface area contributed by atoms with Crippen LogP contribution in [0.5, 0.6) is 5.75 Å². The molecule has 1 aromatic rings. The molecule has 0 aliphatic rings. The van der Waals surface area contributed by atoms with Gasteiger partial charge < -0.3 is 14.8 Å². The second kappa shape index (κ2) is 6.20. The minimum Gasteiger partial charge on any atom is -0.496 e. The molecule has 0 aliphatic carbocycles. The summed E-state index contributed by atoms with van der Waals surface area (Å²) in [6.45, 7) is 2.19. The van der Waals surface area contributed by atoms with Gasteiger partial charge >= 0.3 is 0 Å². The van der Waals surface area contributed by atoms with Gasteiger partial charge in [-0.3, -0.25) is 4.79 Å². The fraction of sp³-hybridized carbons (Fsp3) is 0.417. The van der Waals surface area contributed by atoms with Crippen molar-refractivity contribution in [2.45, 2.75) is 13.0 Å². The molecular formula is C12H16FNO3. The first-order valence-corrected chi connectivity index (χ1v) is 5.21. The summed E-state index contributed by atoms with van der Waals surface area (Å²) in [6.07, 6.45) is 0. The average Bonchev–Trinajstić information content (AvgIpc) is 2.29. The number of carbonyl (C=O) groups excluding carboxylic acids is 1. The summed E-state index contributed by atoms with van der Waals surface area (Å²) >= 11 is 0. The minimum atomic E-state index is -0.477. The summed E-state index contributed by atoms with van der Waals surface area (Å²) < 4.78 is 23.0. The normalized spacial score (nSPS) is 12.0. The van der Waals surface area contributed by atoms with Crippen molar-refractivity contribution in [2.75, 3.05) is 20.8 Å². The first-order chi connectivity index (χ1) is 8.08. The predicted molar refractivity (Wildman–Crippen MR) is 61.8 cm³/mol. The number of rotatable bonds is 5. The lowest BCUT2D eigenvalue weighted by Crippen LogP contribution is -2.35. The van der Waals surface area contributed by atoms with E-state index in [4.69, 9.17) is 9.47 Å². The van der Waals surface area contributed by atoms with E-state index in [0.29, 0.717) is 12.4 Å². The number of ether oxygens (including phenoxy) is 2. The molecule has 0 aliphatic heterocycles. The van der Waals surface area contributed by atoms with Crippen molar-refractivity contribution < 1.29 is 18.7 Å². The Kier molecular flexibility index (Phi) is 4.90. The topological polar surface area (TPSA) is 47.6 Å². The van der Waals surface area contributed by atoms with Gasteiger partial charge in [-0.15, -0.1) is 0 Å². The number of hydrogen-bond donors (Lipinski definition) is 1. The van der Waals surface area contributed by atoms with E-state index in [0.717, 1.165) is 6.07 Å². The molecule has 1 rings (SSSR count). The lowest BCUT2D eigenvalue weighted by Gasteiger charge is -2.14. The number of amides is 1. The van der Waals surface area contributed by atoms with Crippen molar-refractivity contribution in [3.8, 4) is 5.75 Å². The lowest BCUT2D eigenvalue weighted by atomic mass is 10.1. The van der Waals surface area contributed by atoms with Gasteiger partial charge in [0.05, 0.1) is 19.3 Å². The van der Waals surface area contributed by atoms with E-state index in [-0.39, 0.29) is 17.5 Å². The standard InChI is InChI=1S/C12H16FNO3/c1-8(7-16-2)14-12(15)10-6-9(13)4-5-11(10)17-3/h4-6,8H,7H2,1-3H3,(H,14,15). The first-order valence-electron chi connectivity index (χ1n) is 5.21. The van der Waals surface area contributed by atoms with Crippen LogP contribution < -0.4 is 10.1 Å². The number of benzene rings is 1. The molecule has 0 spiro atoms. The van der Waals surface area contributed by atoms with Gasteiger partial charge in [0.2, 0.25) is 0 Å². The molecule has 1 N–H and O–H groups in total. The Balaban J connectivity index is 2.83. The van der Waals surface area contributed by atoms with Crippen LogP contribution in [0.4, 0.5) is 4.39 Å². The van der Waals surface area contributed by atoms with E-state index in [1.54, 1.807) is 14.0 Å². The number of carbonyl (C=O) groups is 1. The smallest absolute Gasteiger partial charge is 0.255 e. The van der Waals surface area contributed by atoms with Gasteiger partial charge in [0.1, 0.15) is 11.6 Å². The molecule has 94 valence electrons. The van der Waals surface area contributed by atoms with Crippen LogP contribution in [-0.4, -0.2) is 32.8 Å². The highest BCUT2D eigenvalue weighted by atomic mass is 19.1. The summed E-state index contributed by atoms with van der Waals surface area (Å²) in [5, 5.41) is 2.69. The van der Waals surface area contributed by atoms with Crippen LogP contribution in [0.25, 0.3) is 0 Å². The van der Waals surface area contributed by atoms with E-state index < -0.39 is 5.82 Å². The van der Waals surface area contributed by atoms with Gasteiger partial charge in [0.25, 0.3) is 5.91 Å². The molecule has 0 saturated heterocycles. The summed E-state index contributed by atoms with van der Waals surface area (Å²) in [5.74, 6) is -0.519. The number of methoxy groups -OCH3 is 2. The molecule has 4 nitrogen and oxygen atoms in total. The first kappa shape index (κ1) is 13.4. The molecule has 0 fully saturated rings. The molecular weight excluding hydrogens is 225 g/mol. The van der Waals surface area contributed by atoms with Crippen LogP contribution in [0.15, 0.2) is 18.2 Å².